The first-order chi connectivity index (χ1) is 37.9. The van der Waals surface area contributed by atoms with Gasteiger partial charge >= 0.3 is 12.1 Å². The van der Waals surface area contributed by atoms with Crippen LogP contribution in [0.25, 0.3) is 0 Å². The maximum absolute atomic E-state index is 16.3. The lowest BCUT2D eigenvalue weighted by molar-refractivity contribution is -0.111. The minimum Gasteiger partial charge on any atom is -0.495 e. The highest BCUT2D eigenvalue weighted by molar-refractivity contribution is 6.42. The molecule has 1 aliphatic rings. The smallest absolute Gasteiger partial charge is 0.327 e. The Morgan fingerprint density at radius 3 is 1.66 bits per heavy atom. The van der Waals surface area contributed by atoms with E-state index in [1.807, 2.05) is 17.9 Å². The van der Waals surface area contributed by atoms with E-state index < -0.39 is 36.1 Å². The largest absolute Gasteiger partial charge is 0.495 e. The first kappa shape index (κ1) is 58.6. The zero-order chi connectivity index (χ0) is 57.1. The number of likely N-dealkylation sites (N-methyl/N-ethyl adjacent to an activating group) is 1. The molecule has 0 spiro atoms. The van der Waals surface area contributed by atoms with Gasteiger partial charge in [-0.2, -0.15) is 0 Å². The third-order valence-corrected chi connectivity index (χ3v) is 13.8. The summed E-state index contributed by atoms with van der Waals surface area (Å²) in [5.74, 6) is 0.501. The van der Waals surface area contributed by atoms with Crippen LogP contribution in [-0.2, 0) is 4.79 Å². The van der Waals surface area contributed by atoms with Gasteiger partial charge in [-0.3, -0.25) is 19.5 Å². The van der Waals surface area contributed by atoms with E-state index in [1.54, 1.807) is 36.4 Å². The molecule has 3 heterocycles. The Morgan fingerprint density at radius 2 is 1.19 bits per heavy atom. The highest BCUT2D eigenvalue weighted by Gasteiger charge is 2.29. The molecule has 2 aromatic heterocycles. The van der Waals surface area contributed by atoms with Crippen molar-refractivity contribution < 1.29 is 42.8 Å². The number of carbonyl (C=O) groups excluding carboxylic acids is 3. The summed E-state index contributed by atoms with van der Waals surface area (Å²) in [5, 5.41) is 28.9. The minimum absolute atomic E-state index is 0.0593. The number of piperazine rings is 1. The fourth-order valence-corrected chi connectivity index (χ4v) is 9.21. The number of aromatic nitrogens is 4. The van der Waals surface area contributed by atoms with Gasteiger partial charge in [0.1, 0.15) is 84.8 Å². The van der Waals surface area contributed by atoms with Crippen LogP contribution < -0.4 is 65.5 Å². The number of urea groups is 2. The van der Waals surface area contributed by atoms with Crippen LogP contribution in [0.3, 0.4) is 0 Å². The number of para-hydroxylation sites is 2. The highest BCUT2D eigenvalue weighted by atomic mass is 35.5. The molecule has 6 aromatic rings. The van der Waals surface area contributed by atoms with E-state index in [9.17, 15) is 19.5 Å². The Morgan fingerprint density at radius 1 is 0.709 bits per heavy atom. The molecular weight excluding hydrogens is 1110 g/mol. The van der Waals surface area contributed by atoms with Crippen molar-refractivity contribution in [3.63, 3.8) is 0 Å². The first-order valence-corrected chi connectivity index (χ1v) is 25.4. The number of hydrogen-bond acceptors (Lipinski definition) is 17. The van der Waals surface area contributed by atoms with Crippen molar-refractivity contribution in [2.75, 3.05) is 115 Å². The standard InChI is InChI=1S/C52H55Cl4FN14O8/c1-9-43(72)64-34-20-28(15-16-33(34)63-40-24-42(61-27-59-40)69(4)52(75)67-49-46(55)37(78-7)22-38(79-8)47(49)56)71-18-17-70(10-2)29(25-71)19-30(57)50(73)65-32-14-12-11-13-31(32)62-39-23-41(60-26-58-39)68(3)51(74)66-48-44(53)35(76-5)21-36(77-6)45(48)54/h9,11-16,19-24,26-27,29,50,65,73H,1,10,17-18,25H2,2-8H3,(H,64,72)(H,66,74)(H,67,75)(H,58,60,62)(H,59,61,63)/b30-19-. The van der Waals surface area contributed by atoms with Gasteiger partial charge < -0.3 is 60.9 Å². The topological polar surface area (TPSA) is 245 Å². The molecule has 1 fully saturated rings. The number of methoxy groups -OCH3 is 4. The van der Waals surface area contributed by atoms with Crippen molar-refractivity contribution in [1.29, 1.82) is 0 Å². The lowest BCUT2D eigenvalue weighted by Gasteiger charge is -2.41. The Labute approximate surface area is 474 Å². The number of nitrogens with zero attached hydrogens (tertiary/aromatic N) is 8. The zero-order valence-electron chi connectivity index (χ0n) is 43.6. The van der Waals surface area contributed by atoms with Gasteiger partial charge in [-0.15, -0.1) is 0 Å². The molecule has 7 N–H and O–H groups in total. The third-order valence-electron chi connectivity index (χ3n) is 12.3. The molecule has 1 saturated heterocycles. The van der Waals surface area contributed by atoms with Gasteiger partial charge in [0, 0.05) is 69.7 Å². The van der Waals surface area contributed by atoms with Gasteiger partial charge in [0.2, 0.25) is 5.91 Å². The maximum Gasteiger partial charge on any atom is 0.327 e. The Balaban J connectivity index is 1.03. The molecule has 79 heavy (non-hydrogen) atoms. The SMILES string of the molecule is C=CC(=O)Nc1cc(N2CCN(CC)C(/C=C(\F)C(O)Nc3ccccc3Nc3cc(N(C)C(=O)Nc4c(Cl)c(OC)cc(OC)c4Cl)ncn3)C2)ccc1Nc1cc(N(C)C(=O)Nc2c(Cl)c(OC)cc(OC)c2Cl)ncn1. The number of anilines is 11. The van der Waals surface area contributed by atoms with Gasteiger partial charge in [-0.25, -0.2) is 33.9 Å². The second-order valence-electron chi connectivity index (χ2n) is 17.0. The molecule has 22 nitrogen and oxygen atoms in total. The Kier molecular flexibility index (Phi) is 19.7. The van der Waals surface area contributed by atoms with Crippen LogP contribution in [0, 0.1) is 0 Å². The van der Waals surface area contributed by atoms with Crippen LogP contribution in [0.4, 0.5) is 77.1 Å². The lowest BCUT2D eigenvalue weighted by Crippen LogP contribution is -2.52. The average molecular weight is 1160 g/mol. The summed E-state index contributed by atoms with van der Waals surface area (Å²) in [7, 11) is 8.61. The Bertz CT molecular complexity index is 3220. The number of aliphatic hydroxyl groups is 1. The van der Waals surface area contributed by atoms with Gasteiger partial charge in [0.25, 0.3) is 0 Å². The molecular formula is C52H55Cl4FN14O8. The summed E-state index contributed by atoms with van der Waals surface area (Å²) in [4.78, 5) is 63.4. The van der Waals surface area contributed by atoms with E-state index in [0.29, 0.717) is 54.6 Å². The number of halogens is 5. The van der Waals surface area contributed by atoms with Gasteiger partial charge in [0.05, 0.1) is 62.6 Å². The number of nitrogens with one attached hydrogen (secondary N) is 6. The van der Waals surface area contributed by atoms with E-state index in [-0.39, 0.29) is 77.7 Å². The van der Waals surface area contributed by atoms with Crippen LogP contribution in [0.2, 0.25) is 20.1 Å². The van der Waals surface area contributed by atoms with Crippen molar-refractivity contribution in [3.05, 3.63) is 124 Å². The van der Waals surface area contributed by atoms with Crippen LogP contribution in [0.5, 0.6) is 23.0 Å². The molecule has 2 atom stereocenters. The summed E-state index contributed by atoms with van der Waals surface area (Å²) >= 11 is 25.9. The van der Waals surface area contributed by atoms with Gasteiger partial charge in [-0.05, 0) is 49.0 Å². The minimum atomic E-state index is -1.77. The molecule has 7 rings (SSSR count). The van der Waals surface area contributed by atoms with Gasteiger partial charge in [-0.1, -0.05) is 72.0 Å². The predicted molar refractivity (Wildman–Crippen MR) is 308 cm³/mol. The third kappa shape index (κ3) is 13.8. The number of benzene rings is 4. The first-order valence-electron chi connectivity index (χ1n) is 23.9. The van der Waals surface area contributed by atoms with Crippen LogP contribution in [0.1, 0.15) is 6.92 Å². The summed E-state index contributed by atoms with van der Waals surface area (Å²) in [6.45, 7) is 7.56. The Hall–Kier alpha value is -8.06. The summed E-state index contributed by atoms with van der Waals surface area (Å²) in [6.07, 6.45) is 3.25. The van der Waals surface area contributed by atoms with Crippen molar-refractivity contribution in [2.24, 2.45) is 0 Å². The lowest BCUT2D eigenvalue weighted by atomic mass is 10.1. The fourth-order valence-electron chi connectivity index (χ4n) is 8.02. The number of carbonyl (C=O) groups is 3. The average Bonchev–Trinajstić information content (AvgIpc) is 3.47. The second-order valence-corrected chi connectivity index (χ2v) is 18.5. The quantitative estimate of drug-likeness (QED) is 0.0277. The molecule has 0 saturated carbocycles. The fraction of sp³-hybridized carbons (Fsp3) is 0.250. The normalized spacial score (nSPS) is 13.8. The molecule has 0 bridgehead atoms. The van der Waals surface area contributed by atoms with Crippen LogP contribution >= 0.6 is 46.4 Å². The molecule has 416 valence electrons. The number of rotatable bonds is 20. The van der Waals surface area contributed by atoms with E-state index in [1.165, 1.54) is 95.3 Å². The van der Waals surface area contributed by atoms with E-state index >= 15 is 4.39 Å². The van der Waals surface area contributed by atoms with E-state index in [2.05, 4.69) is 63.3 Å². The molecule has 1 aliphatic heterocycles. The van der Waals surface area contributed by atoms with Crippen LogP contribution in [-0.4, -0.2) is 129 Å². The number of amides is 5. The number of ether oxygens (including phenoxy) is 4. The monoisotopic (exact) mass is 1160 g/mol. The molecule has 2 unspecified atom stereocenters. The number of hydrogen-bond donors (Lipinski definition) is 7. The molecule has 0 aliphatic carbocycles. The molecule has 5 amide bonds. The summed E-state index contributed by atoms with van der Waals surface area (Å²) in [5.41, 5.74) is 2.39. The summed E-state index contributed by atoms with van der Waals surface area (Å²) < 4.78 is 37.5. The van der Waals surface area contributed by atoms with Crippen molar-refractivity contribution in [3.8, 4) is 23.0 Å². The van der Waals surface area contributed by atoms with Crippen molar-refractivity contribution in [1.82, 2.24) is 24.8 Å². The van der Waals surface area contributed by atoms with Gasteiger partial charge in [0.15, 0.2) is 6.23 Å². The molecule has 27 heteroatoms. The van der Waals surface area contributed by atoms with E-state index in [0.717, 1.165) is 6.08 Å². The second kappa shape index (κ2) is 26.5. The van der Waals surface area contributed by atoms with Crippen molar-refractivity contribution >= 4 is 127 Å². The van der Waals surface area contributed by atoms with E-state index in [4.69, 9.17) is 65.4 Å². The van der Waals surface area contributed by atoms with Crippen LogP contribution in [0.15, 0.2) is 104 Å². The zero-order valence-corrected chi connectivity index (χ0v) is 46.6. The molecule has 0 radical (unpaired) electrons. The predicted octanol–water partition coefficient (Wildman–Crippen LogP) is 10.7. The summed E-state index contributed by atoms with van der Waals surface area (Å²) in [6, 6.07) is 16.4. The van der Waals surface area contributed by atoms with Crippen molar-refractivity contribution in [2.45, 2.75) is 19.2 Å². The maximum atomic E-state index is 16.3. The number of aliphatic hydroxyl groups excluding tert-OH is 1. The molecule has 4 aromatic carbocycles. The highest BCUT2D eigenvalue weighted by Crippen LogP contribution is 2.46.